The van der Waals surface area contributed by atoms with Crippen LogP contribution in [0.15, 0.2) is 42.7 Å². The number of para-hydroxylation sites is 2. The Morgan fingerprint density at radius 1 is 1.36 bits per heavy atom. The van der Waals surface area contributed by atoms with Gasteiger partial charge in [-0.15, -0.1) is 0 Å². The van der Waals surface area contributed by atoms with Crippen molar-refractivity contribution in [3.8, 4) is 0 Å². The summed E-state index contributed by atoms with van der Waals surface area (Å²) in [5, 5.41) is 0. The lowest BCUT2D eigenvalue weighted by atomic mass is 9.66. The fraction of sp³-hybridized carbons (Fsp3) is 0.389. The van der Waals surface area contributed by atoms with Crippen LogP contribution in [0.5, 0.6) is 0 Å². The first kappa shape index (κ1) is 14.7. The number of hydrogen-bond donors (Lipinski definition) is 0. The molecule has 3 rings (SSSR count). The van der Waals surface area contributed by atoms with Crippen LogP contribution in [0.3, 0.4) is 0 Å². The standard InChI is InChI=1S/C18H20N2O2/c1-13(18(14(2)21)10-6-5-9-17(18)22)11-20-12-19-15-7-3-4-8-16(15)20/h3-4,7-8,12H,1,5-6,9-11H2,2H3. The number of nitrogens with zero attached hydrogens (tertiary/aromatic N) is 2. The number of Topliss-reactive ketones (excluding diaryl/α,β-unsaturated/α-hetero) is 2. The Kier molecular flexibility index (Phi) is 3.69. The van der Waals surface area contributed by atoms with E-state index in [0.29, 0.717) is 25.0 Å². The summed E-state index contributed by atoms with van der Waals surface area (Å²) in [5.74, 6) is -0.0488. The largest absolute Gasteiger partial charge is 0.326 e. The van der Waals surface area contributed by atoms with E-state index < -0.39 is 5.41 Å². The van der Waals surface area contributed by atoms with Gasteiger partial charge in [0.15, 0.2) is 5.78 Å². The number of ketones is 2. The van der Waals surface area contributed by atoms with E-state index in [4.69, 9.17) is 0 Å². The molecule has 0 amide bonds. The summed E-state index contributed by atoms with van der Waals surface area (Å²) in [6.07, 6.45) is 4.58. The lowest BCUT2D eigenvalue weighted by Gasteiger charge is -2.35. The van der Waals surface area contributed by atoms with Crippen LogP contribution in [0.25, 0.3) is 11.0 Å². The smallest absolute Gasteiger partial charge is 0.150 e. The number of carbonyl (C=O) groups excluding carboxylic acids is 2. The van der Waals surface area contributed by atoms with Gasteiger partial charge in [-0.05, 0) is 37.5 Å². The minimum Gasteiger partial charge on any atom is -0.326 e. The maximum Gasteiger partial charge on any atom is 0.150 e. The molecule has 1 heterocycles. The van der Waals surface area contributed by atoms with Crippen molar-refractivity contribution in [1.82, 2.24) is 9.55 Å². The second-order valence-corrected chi connectivity index (χ2v) is 6.06. The van der Waals surface area contributed by atoms with Crippen LogP contribution in [0.4, 0.5) is 0 Å². The number of benzene rings is 1. The van der Waals surface area contributed by atoms with Gasteiger partial charge in [-0.1, -0.05) is 25.1 Å². The van der Waals surface area contributed by atoms with Gasteiger partial charge < -0.3 is 4.57 Å². The van der Waals surface area contributed by atoms with E-state index in [9.17, 15) is 9.59 Å². The molecule has 1 aliphatic carbocycles. The summed E-state index contributed by atoms with van der Waals surface area (Å²) in [4.78, 5) is 29.1. The Bertz CT molecular complexity index is 759. The molecule has 1 aliphatic rings. The molecule has 4 nitrogen and oxygen atoms in total. The van der Waals surface area contributed by atoms with Gasteiger partial charge in [0.2, 0.25) is 0 Å². The van der Waals surface area contributed by atoms with Gasteiger partial charge in [-0.25, -0.2) is 4.98 Å². The first-order valence-electron chi connectivity index (χ1n) is 7.68. The highest BCUT2D eigenvalue weighted by Gasteiger charge is 2.46. The zero-order valence-corrected chi connectivity index (χ0v) is 12.8. The second kappa shape index (κ2) is 5.52. The first-order valence-corrected chi connectivity index (χ1v) is 7.68. The van der Waals surface area contributed by atoms with Gasteiger partial charge in [0.1, 0.15) is 11.2 Å². The van der Waals surface area contributed by atoms with Gasteiger partial charge in [0.25, 0.3) is 0 Å². The fourth-order valence-corrected chi connectivity index (χ4v) is 3.50. The average molecular weight is 296 g/mol. The molecule has 0 radical (unpaired) electrons. The van der Waals surface area contributed by atoms with Gasteiger partial charge in [0.05, 0.1) is 17.4 Å². The summed E-state index contributed by atoms with van der Waals surface area (Å²) in [5.41, 5.74) is 1.59. The molecule has 1 aromatic carbocycles. The predicted octanol–water partition coefficient (Wildman–Crippen LogP) is 3.31. The molecular formula is C18H20N2O2. The zero-order valence-electron chi connectivity index (χ0n) is 12.8. The van der Waals surface area contributed by atoms with Crippen molar-refractivity contribution >= 4 is 22.6 Å². The van der Waals surface area contributed by atoms with E-state index in [0.717, 1.165) is 23.9 Å². The number of fused-ring (bicyclic) bond motifs is 1. The quantitative estimate of drug-likeness (QED) is 0.642. The molecule has 0 bridgehead atoms. The van der Waals surface area contributed by atoms with Crippen LogP contribution < -0.4 is 0 Å². The van der Waals surface area contributed by atoms with Gasteiger partial charge in [0, 0.05) is 13.0 Å². The minimum atomic E-state index is -0.996. The van der Waals surface area contributed by atoms with Crippen LogP contribution in [-0.4, -0.2) is 21.1 Å². The second-order valence-electron chi connectivity index (χ2n) is 6.06. The van der Waals surface area contributed by atoms with Crippen molar-refractivity contribution in [2.24, 2.45) is 5.41 Å². The van der Waals surface area contributed by atoms with Crippen molar-refractivity contribution in [1.29, 1.82) is 0 Å². The van der Waals surface area contributed by atoms with Crippen molar-refractivity contribution < 1.29 is 9.59 Å². The Labute approximate surface area is 129 Å². The molecule has 0 saturated heterocycles. The SMILES string of the molecule is C=C(Cn1cnc2ccccc21)C1(C(C)=O)CCCCC1=O. The van der Waals surface area contributed by atoms with Gasteiger partial charge >= 0.3 is 0 Å². The third-order valence-electron chi connectivity index (χ3n) is 4.77. The summed E-state index contributed by atoms with van der Waals surface area (Å²) in [7, 11) is 0. The van der Waals surface area contributed by atoms with E-state index in [1.54, 1.807) is 6.33 Å². The van der Waals surface area contributed by atoms with Crippen LogP contribution in [-0.2, 0) is 16.1 Å². The van der Waals surface area contributed by atoms with E-state index in [-0.39, 0.29) is 11.6 Å². The molecule has 0 aliphatic heterocycles. The summed E-state index contributed by atoms with van der Waals surface area (Å²) in [6, 6.07) is 7.83. The molecule has 22 heavy (non-hydrogen) atoms. The molecule has 0 N–H and O–H groups in total. The molecule has 1 fully saturated rings. The molecule has 1 unspecified atom stereocenters. The Balaban J connectivity index is 1.95. The number of carbonyl (C=O) groups is 2. The third kappa shape index (κ3) is 2.19. The topological polar surface area (TPSA) is 52.0 Å². The first-order chi connectivity index (χ1) is 10.6. The minimum absolute atomic E-state index is 0.0284. The van der Waals surface area contributed by atoms with Crippen LogP contribution in [0.1, 0.15) is 32.6 Å². The Morgan fingerprint density at radius 2 is 2.14 bits per heavy atom. The van der Waals surface area contributed by atoms with Crippen molar-refractivity contribution in [2.75, 3.05) is 0 Å². The van der Waals surface area contributed by atoms with Crippen molar-refractivity contribution in [3.05, 3.63) is 42.7 Å². The van der Waals surface area contributed by atoms with Crippen LogP contribution in [0, 0.1) is 5.41 Å². The summed E-state index contributed by atoms with van der Waals surface area (Å²) in [6.45, 7) is 6.08. The third-order valence-corrected chi connectivity index (χ3v) is 4.77. The van der Waals surface area contributed by atoms with Crippen LogP contribution >= 0.6 is 0 Å². The number of imidazole rings is 1. The molecular weight excluding hydrogens is 276 g/mol. The molecule has 4 heteroatoms. The van der Waals surface area contributed by atoms with Gasteiger partial charge in [-0.3, -0.25) is 9.59 Å². The maximum absolute atomic E-state index is 12.5. The number of allylic oxidation sites excluding steroid dienone is 1. The van der Waals surface area contributed by atoms with Crippen LogP contribution in [0.2, 0.25) is 0 Å². The summed E-state index contributed by atoms with van der Waals surface area (Å²) >= 11 is 0. The molecule has 2 aromatic rings. The van der Waals surface area contributed by atoms with E-state index in [1.807, 2.05) is 28.8 Å². The number of aromatic nitrogens is 2. The monoisotopic (exact) mass is 296 g/mol. The predicted molar refractivity (Wildman–Crippen MR) is 85.5 cm³/mol. The number of rotatable bonds is 4. The molecule has 0 spiro atoms. The highest BCUT2D eigenvalue weighted by molar-refractivity contribution is 6.09. The number of hydrogen-bond acceptors (Lipinski definition) is 3. The zero-order chi connectivity index (χ0) is 15.7. The van der Waals surface area contributed by atoms with Crippen molar-refractivity contribution in [2.45, 2.75) is 39.2 Å². The van der Waals surface area contributed by atoms with E-state index in [2.05, 4.69) is 11.6 Å². The highest BCUT2D eigenvalue weighted by atomic mass is 16.2. The maximum atomic E-state index is 12.5. The Hall–Kier alpha value is -2.23. The van der Waals surface area contributed by atoms with Crippen molar-refractivity contribution in [3.63, 3.8) is 0 Å². The summed E-state index contributed by atoms with van der Waals surface area (Å²) < 4.78 is 1.96. The molecule has 1 aromatic heterocycles. The fourth-order valence-electron chi connectivity index (χ4n) is 3.50. The molecule has 114 valence electrons. The van der Waals surface area contributed by atoms with E-state index in [1.165, 1.54) is 6.92 Å². The lowest BCUT2D eigenvalue weighted by molar-refractivity contribution is -0.139. The Morgan fingerprint density at radius 3 is 2.86 bits per heavy atom. The molecule has 1 saturated carbocycles. The van der Waals surface area contributed by atoms with Gasteiger partial charge in [-0.2, -0.15) is 0 Å². The average Bonchev–Trinajstić information content (AvgIpc) is 2.91. The van der Waals surface area contributed by atoms with E-state index >= 15 is 0 Å². The normalized spacial score (nSPS) is 22.0. The highest BCUT2D eigenvalue weighted by Crippen LogP contribution is 2.41. The lowest BCUT2D eigenvalue weighted by Crippen LogP contribution is -2.42. The molecule has 1 atom stereocenters.